The topological polar surface area (TPSA) is 0 Å². The van der Waals surface area contributed by atoms with E-state index in [1.165, 1.54) is 6.42 Å². The largest absolute Gasteiger partial charge is 0.247 e. The lowest BCUT2D eigenvalue weighted by molar-refractivity contribution is 0.204. The van der Waals surface area contributed by atoms with Crippen molar-refractivity contribution in [3.05, 3.63) is 13.2 Å². The summed E-state index contributed by atoms with van der Waals surface area (Å²) in [5.41, 5.74) is 0. The first kappa shape index (κ1) is 10.7. The minimum absolute atomic E-state index is 0.479. The molecule has 0 spiro atoms. The van der Waals surface area contributed by atoms with Crippen LogP contribution in [0.25, 0.3) is 0 Å². The molecule has 1 rings (SSSR count). The summed E-state index contributed by atoms with van der Waals surface area (Å²) in [5, 5.41) is 0. The SMILES string of the molecule is C=C.CCC1CCC(F)CC1. The Balaban J connectivity index is 0.000000461. The van der Waals surface area contributed by atoms with E-state index in [9.17, 15) is 4.39 Å². The highest BCUT2D eigenvalue weighted by Crippen LogP contribution is 2.27. The highest BCUT2D eigenvalue weighted by molar-refractivity contribution is 4.70. The second-order valence-electron chi connectivity index (χ2n) is 3.03. The molecule has 1 fully saturated rings. The van der Waals surface area contributed by atoms with Gasteiger partial charge >= 0.3 is 0 Å². The zero-order chi connectivity index (χ0) is 8.69. The molecular formula is C10H19F. The van der Waals surface area contributed by atoms with E-state index >= 15 is 0 Å². The van der Waals surface area contributed by atoms with Crippen LogP contribution in [0.5, 0.6) is 0 Å². The monoisotopic (exact) mass is 158 g/mol. The van der Waals surface area contributed by atoms with E-state index in [-0.39, 0.29) is 0 Å². The summed E-state index contributed by atoms with van der Waals surface area (Å²) < 4.78 is 12.5. The summed E-state index contributed by atoms with van der Waals surface area (Å²) in [5.74, 6) is 0.831. The molecule has 0 amide bonds. The molecule has 0 aromatic rings. The van der Waals surface area contributed by atoms with Gasteiger partial charge in [0.15, 0.2) is 0 Å². The van der Waals surface area contributed by atoms with Gasteiger partial charge in [-0.05, 0) is 31.6 Å². The van der Waals surface area contributed by atoms with Gasteiger partial charge in [0.1, 0.15) is 6.17 Å². The third-order valence-corrected chi connectivity index (χ3v) is 2.35. The van der Waals surface area contributed by atoms with Gasteiger partial charge in [0.25, 0.3) is 0 Å². The number of hydrogen-bond donors (Lipinski definition) is 0. The van der Waals surface area contributed by atoms with E-state index in [1.807, 2.05) is 0 Å². The second-order valence-corrected chi connectivity index (χ2v) is 3.03. The average molecular weight is 158 g/mol. The lowest BCUT2D eigenvalue weighted by atomic mass is 9.87. The van der Waals surface area contributed by atoms with E-state index in [4.69, 9.17) is 0 Å². The smallest absolute Gasteiger partial charge is 0.100 e. The maximum absolute atomic E-state index is 12.5. The first-order valence-electron chi connectivity index (χ1n) is 4.47. The van der Waals surface area contributed by atoms with Gasteiger partial charge in [0, 0.05) is 0 Å². The minimum atomic E-state index is -0.479. The Morgan fingerprint density at radius 1 is 1.18 bits per heavy atom. The predicted molar refractivity (Wildman–Crippen MR) is 48.4 cm³/mol. The molecule has 0 unspecified atom stereocenters. The van der Waals surface area contributed by atoms with E-state index in [0.717, 1.165) is 31.6 Å². The lowest BCUT2D eigenvalue weighted by Gasteiger charge is -2.22. The number of hydrogen-bond acceptors (Lipinski definition) is 0. The first-order chi connectivity index (χ1) is 5.33. The van der Waals surface area contributed by atoms with Crippen LogP contribution < -0.4 is 0 Å². The van der Waals surface area contributed by atoms with Crippen molar-refractivity contribution in [3.63, 3.8) is 0 Å². The Morgan fingerprint density at radius 3 is 2.00 bits per heavy atom. The predicted octanol–water partition coefficient (Wildman–Crippen LogP) is 3.73. The van der Waals surface area contributed by atoms with Crippen molar-refractivity contribution in [2.24, 2.45) is 5.92 Å². The highest BCUT2D eigenvalue weighted by atomic mass is 19.1. The normalized spacial score (nSPS) is 30.4. The summed E-state index contributed by atoms with van der Waals surface area (Å²) >= 11 is 0. The van der Waals surface area contributed by atoms with Crippen LogP contribution in [0, 0.1) is 5.92 Å². The van der Waals surface area contributed by atoms with Gasteiger partial charge in [0.2, 0.25) is 0 Å². The molecule has 1 aliphatic carbocycles. The molecule has 0 aromatic carbocycles. The van der Waals surface area contributed by atoms with Crippen molar-refractivity contribution in [2.45, 2.75) is 45.2 Å². The Labute approximate surface area is 69.5 Å². The molecule has 0 N–H and O–H groups in total. The van der Waals surface area contributed by atoms with Crippen molar-refractivity contribution in [1.82, 2.24) is 0 Å². The first-order valence-corrected chi connectivity index (χ1v) is 4.47. The number of halogens is 1. The van der Waals surface area contributed by atoms with E-state index in [1.54, 1.807) is 0 Å². The minimum Gasteiger partial charge on any atom is -0.247 e. The van der Waals surface area contributed by atoms with Crippen LogP contribution in [0.4, 0.5) is 4.39 Å². The summed E-state index contributed by atoms with van der Waals surface area (Å²) in [6.07, 6.45) is 4.65. The molecule has 0 atom stereocenters. The molecule has 0 aromatic heterocycles. The lowest BCUT2D eigenvalue weighted by Crippen LogP contribution is -2.13. The summed E-state index contributed by atoms with van der Waals surface area (Å²) in [4.78, 5) is 0. The van der Waals surface area contributed by atoms with Crippen LogP contribution in [0.3, 0.4) is 0 Å². The molecule has 0 aliphatic heterocycles. The molecule has 11 heavy (non-hydrogen) atoms. The molecule has 0 radical (unpaired) electrons. The maximum atomic E-state index is 12.5. The highest BCUT2D eigenvalue weighted by Gasteiger charge is 2.18. The maximum Gasteiger partial charge on any atom is 0.100 e. The molecule has 1 heteroatoms. The summed E-state index contributed by atoms with van der Waals surface area (Å²) in [7, 11) is 0. The van der Waals surface area contributed by atoms with Crippen LogP contribution in [0.1, 0.15) is 39.0 Å². The summed E-state index contributed by atoms with van der Waals surface area (Å²) in [6, 6.07) is 0. The van der Waals surface area contributed by atoms with Crippen LogP contribution in [-0.4, -0.2) is 6.17 Å². The van der Waals surface area contributed by atoms with Crippen molar-refractivity contribution < 1.29 is 4.39 Å². The van der Waals surface area contributed by atoms with E-state index in [0.29, 0.717) is 0 Å². The van der Waals surface area contributed by atoms with Crippen LogP contribution in [-0.2, 0) is 0 Å². The average Bonchev–Trinajstić information content (AvgIpc) is 2.10. The fraction of sp³-hybridized carbons (Fsp3) is 0.800. The van der Waals surface area contributed by atoms with Gasteiger partial charge in [-0.25, -0.2) is 4.39 Å². The van der Waals surface area contributed by atoms with E-state index < -0.39 is 6.17 Å². The molecular weight excluding hydrogens is 139 g/mol. The molecule has 1 aliphatic rings. The Hall–Kier alpha value is -0.330. The third-order valence-electron chi connectivity index (χ3n) is 2.35. The second kappa shape index (κ2) is 6.38. The van der Waals surface area contributed by atoms with E-state index in [2.05, 4.69) is 20.1 Å². The van der Waals surface area contributed by atoms with Gasteiger partial charge in [-0.15, -0.1) is 13.2 Å². The fourth-order valence-corrected chi connectivity index (χ4v) is 1.53. The van der Waals surface area contributed by atoms with Crippen molar-refractivity contribution in [3.8, 4) is 0 Å². The van der Waals surface area contributed by atoms with Crippen molar-refractivity contribution in [1.29, 1.82) is 0 Å². The molecule has 1 saturated carbocycles. The fourth-order valence-electron chi connectivity index (χ4n) is 1.53. The third kappa shape index (κ3) is 4.18. The molecule has 66 valence electrons. The standard InChI is InChI=1S/C8H15F.C2H4/c1-2-7-3-5-8(9)6-4-7;1-2/h7-8H,2-6H2,1H3;1-2H2. The summed E-state index contributed by atoms with van der Waals surface area (Å²) in [6.45, 7) is 8.20. The molecule has 0 saturated heterocycles. The zero-order valence-electron chi connectivity index (χ0n) is 7.48. The zero-order valence-corrected chi connectivity index (χ0v) is 7.48. The van der Waals surface area contributed by atoms with Crippen molar-refractivity contribution >= 4 is 0 Å². The van der Waals surface area contributed by atoms with Gasteiger partial charge in [-0.2, -0.15) is 0 Å². The van der Waals surface area contributed by atoms with Crippen LogP contribution in [0.2, 0.25) is 0 Å². The molecule has 0 heterocycles. The van der Waals surface area contributed by atoms with Gasteiger partial charge in [-0.1, -0.05) is 13.3 Å². The Bertz CT molecular complexity index is 82.9. The van der Waals surface area contributed by atoms with Crippen LogP contribution >= 0.6 is 0 Å². The number of alkyl halides is 1. The Kier molecular flexibility index (Phi) is 6.19. The van der Waals surface area contributed by atoms with Crippen molar-refractivity contribution in [2.75, 3.05) is 0 Å². The van der Waals surface area contributed by atoms with Gasteiger partial charge in [-0.3, -0.25) is 0 Å². The quantitative estimate of drug-likeness (QED) is 0.510. The molecule has 0 nitrogen and oxygen atoms in total. The number of rotatable bonds is 1. The van der Waals surface area contributed by atoms with Gasteiger partial charge in [0.05, 0.1) is 0 Å². The molecule has 0 bridgehead atoms. The Morgan fingerprint density at radius 2 is 1.64 bits per heavy atom. The van der Waals surface area contributed by atoms with Crippen LogP contribution in [0.15, 0.2) is 13.2 Å². The van der Waals surface area contributed by atoms with Gasteiger partial charge < -0.3 is 0 Å².